The lowest BCUT2D eigenvalue weighted by molar-refractivity contribution is 0.628. The van der Waals surface area contributed by atoms with Crippen LogP contribution in [-0.2, 0) is 0 Å². The number of nitrogens with one attached hydrogen (secondary N) is 1. The average molecular weight is 283 g/mol. The summed E-state index contributed by atoms with van der Waals surface area (Å²) in [5.74, 6) is 0.469. The van der Waals surface area contributed by atoms with Crippen molar-refractivity contribution < 1.29 is 4.39 Å². The maximum Gasteiger partial charge on any atom is 0.141 e. The van der Waals surface area contributed by atoms with Crippen LogP contribution in [-0.4, -0.2) is 9.97 Å². The van der Waals surface area contributed by atoms with Crippen molar-refractivity contribution in [2.24, 2.45) is 0 Å². The summed E-state index contributed by atoms with van der Waals surface area (Å²) in [6.07, 6.45) is 0. The van der Waals surface area contributed by atoms with E-state index < -0.39 is 5.82 Å². The summed E-state index contributed by atoms with van der Waals surface area (Å²) in [5, 5.41) is 0.0727. The number of halogens is 2. The maximum atomic E-state index is 13.1. The van der Waals surface area contributed by atoms with Gasteiger partial charge >= 0.3 is 0 Å². The first-order chi connectivity index (χ1) is 8.47. The van der Waals surface area contributed by atoms with E-state index in [9.17, 15) is 4.39 Å². The Kier molecular flexibility index (Phi) is 3.78. The van der Waals surface area contributed by atoms with Gasteiger partial charge in [-0.15, -0.1) is 0 Å². The molecule has 1 aromatic heterocycles. The number of aromatic amines is 1. The average Bonchev–Trinajstić information content (AvgIpc) is 2.31. The van der Waals surface area contributed by atoms with E-state index in [0.29, 0.717) is 16.4 Å². The highest BCUT2D eigenvalue weighted by Crippen LogP contribution is 2.23. The summed E-state index contributed by atoms with van der Waals surface area (Å²) < 4.78 is 13.6. The molecule has 18 heavy (non-hydrogen) atoms. The van der Waals surface area contributed by atoms with Crippen molar-refractivity contribution in [3.05, 3.63) is 45.4 Å². The molecule has 0 aliphatic heterocycles. The third-order valence-electron chi connectivity index (χ3n) is 2.58. The quantitative estimate of drug-likeness (QED) is 0.807. The number of rotatable bonds is 2. The molecular weight excluding hydrogens is 271 g/mol. The highest BCUT2D eigenvalue weighted by Gasteiger charge is 2.07. The molecule has 2 rings (SSSR count). The van der Waals surface area contributed by atoms with E-state index in [1.54, 1.807) is 6.07 Å². The van der Waals surface area contributed by atoms with Gasteiger partial charge < -0.3 is 4.98 Å². The van der Waals surface area contributed by atoms with Crippen molar-refractivity contribution >= 4 is 23.8 Å². The molecular formula is C13H12ClFN2S. The Balaban J connectivity index is 2.56. The van der Waals surface area contributed by atoms with E-state index in [4.69, 9.17) is 23.8 Å². The number of hydrogen-bond donors (Lipinski definition) is 1. The summed E-state index contributed by atoms with van der Waals surface area (Å²) in [7, 11) is 0. The van der Waals surface area contributed by atoms with Gasteiger partial charge in [-0.3, -0.25) is 0 Å². The molecule has 0 saturated heterocycles. The van der Waals surface area contributed by atoms with Crippen LogP contribution in [0, 0.1) is 10.5 Å². The third-order valence-corrected chi connectivity index (χ3v) is 3.08. The second-order valence-electron chi connectivity index (χ2n) is 4.31. The summed E-state index contributed by atoms with van der Waals surface area (Å²) in [4.78, 5) is 7.42. The first-order valence-corrected chi connectivity index (χ1v) is 6.32. The lowest BCUT2D eigenvalue weighted by Gasteiger charge is -2.09. The predicted octanol–water partition coefficient (Wildman–Crippen LogP) is 4.72. The largest absolute Gasteiger partial charge is 0.343 e. The van der Waals surface area contributed by atoms with Gasteiger partial charge in [0.25, 0.3) is 0 Å². The second-order valence-corrected chi connectivity index (χ2v) is 5.13. The molecule has 1 aromatic carbocycles. The highest BCUT2D eigenvalue weighted by atomic mass is 35.5. The summed E-state index contributed by atoms with van der Waals surface area (Å²) in [6, 6.07) is 6.31. The molecule has 0 aliphatic rings. The molecule has 0 fully saturated rings. The van der Waals surface area contributed by atoms with Crippen molar-refractivity contribution in [2.75, 3.05) is 0 Å². The van der Waals surface area contributed by atoms with Crippen LogP contribution >= 0.6 is 23.8 Å². The van der Waals surface area contributed by atoms with Gasteiger partial charge in [0, 0.05) is 11.3 Å². The molecule has 0 radical (unpaired) electrons. The Hall–Kier alpha value is -1.26. The fraction of sp³-hybridized carbons (Fsp3) is 0.231. The number of hydrogen-bond acceptors (Lipinski definition) is 2. The van der Waals surface area contributed by atoms with Crippen molar-refractivity contribution in [1.29, 1.82) is 0 Å². The topological polar surface area (TPSA) is 28.7 Å². The van der Waals surface area contributed by atoms with Gasteiger partial charge in [-0.25, -0.2) is 9.37 Å². The first-order valence-electron chi connectivity index (χ1n) is 5.54. The Labute approximate surface area is 115 Å². The molecule has 0 spiro atoms. The van der Waals surface area contributed by atoms with Crippen LogP contribution in [0.4, 0.5) is 4.39 Å². The number of benzene rings is 1. The van der Waals surface area contributed by atoms with Crippen LogP contribution < -0.4 is 0 Å². The van der Waals surface area contributed by atoms with E-state index in [-0.39, 0.29) is 5.02 Å². The molecule has 1 heterocycles. The van der Waals surface area contributed by atoms with Crippen molar-refractivity contribution in [3.8, 4) is 11.4 Å². The maximum absolute atomic E-state index is 13.1. The molecule has 2 aromatic rings. The minimum Gasteiger partial charge on any atom is -0.343 e. The summed E-state index contributed by atoms with van der Waals surface area (Å²) in [6.45, 7) is 4.12. The van der Waals surface area contributed by atoms with Crippen molar-refractivity contribution in [1.82, 2.24) is 9.97 Å². The number of aromatic nitrogens is 2. The van der Waals surface area contributed by atoms with Gasteiger partial charge in [0.05, 0.1) is 5.02 Å². The molecule has 0 aliphatic carbocycles. The normalized spacial score (nSPS) is 10.9. The van der Waals surface area contributed by atoms with Gasteiger partial charge in [0.1, 0.15) is 16.3 Å². The van der Waals surface area contributed by atoms with Gasteiger partial charge in [0.2, 0.25) is 0 Å². The SMILES string of the molecule is CC(C)c1cc(=S)nc(-c2ccc(F)c(Cl)c2)[nH]1. The molecule has 94 valence electrons. The van der Waals surface area contributed by atoms with Gasteiger partial charge in [-0.2, -0.15) is 0 Å². The molecule has 2 nitrogen and oxygen atoms in total. The minimum absolute atomic E-state index is 0.0727. The van der Waals surface area contributed by atoms with Crippen LogP contribution in [0.1, 0.15) is 25.5 Å². The van der Waals surface area contributed by atoms with Crippen LogP contribution in [0.15, 0.2) is 24.3 Å². The zero-order chi connectivity index (χ0) is 13.3. The first kappa shape index (κ1) is 13.2. The monoisotopic (exact) mass is 282 g/mol. The summed E-state index contributed by atoms with van der Waals surface area (Å²) >= 11 is 10.9. The molecule has 0 atom stereocenters. The van der Waals surface area contributed by atoms with Crippen molar-refractivity contribution in [2.45, 2.75) is 19.8 Å². The molecule has 5 heteroatoms. The Morgan fingerprint density at radius 2 is 2.06 bits per heavy atom. The number of nitrogens with zero attached hydrogens (tertiary/aromatic N) is 1. The van der Waals surface area contributed by atoms with Crippen LogP contribution in [0.2, 0.25) is 5.02 Å². The highest BCUT2D eigenvalue weighted by molar-refractivity contribution is 7.71. The summed E-state index contributed by atoms with van der Waals surface area (Å²) in [5.41, 5.74) is 1.71. The fourth-order valence-electron chi connectivity index (χ4n) is 1.57. The Morgan fingerprint density at radius 1 is 1.33 bits per heavy atom. The molecule has 0 saturated carbocycles. The molecule has 0 unspecified atom stereocenters. The molecule has 0 amide bonds. The zero-order valence-corrected chi connectivity index (χ0v) is 11.6. The van der Waals surface area contributed by atoms with Crippen molar-refractivity contribution in [3.63, 3.8) is 0 Å². The zero-order valence-electron chi connectivity index (χ0n) is 10.00. The van der Waals surface area contributed by atoms with Gasteiger partial charge in [-0.05, 0) is 30.2 Å². The van der Waals surface area contributed by atoms with Crippen LogP contribution in [0.25, 0.3) is 11.4 Å². The number of H-pyrrole nitrogens is 1. The van der Waals surface area contributed by atoms with E-state index >= 15 is 0 Å². The lowest BCUT2D eigenvalue weighted by atomic mass is 10.1. The Bertz CT molecular complexity index is 637. The van der Waals surface area contributed by atoms with E-state index in [2.05, 4.69) is 23.8 Å². The van der Waals surface area contributed by atoms with Crippen LogP contribution in [0.5, 0.6) is 0 Å². The Morgan fingerprint density at radius 3 is 2.67 bits per heavy atom. The smallest absolute Gasteiger partial charge is 0.141 e. The van der Waals surface area contributed by atoms with E-state index in [1.807, 2.05) is 6.07 Å². The third kappa shape index (κ3) is 2.76. The minimum atomic E-state index is -0.445. The van der Waals surface area contributed by atoms with Gasteiger partial charge in [-0.1, -0.05) is 37.7 Å². The van der Waals surface area contributed by atoms with Gasteiger partial charge in [0.15, 0.2) is 0 Å². The van der Waals surface area contributed by atoms with E-state index in [1.165, 1.54) is 12.1 Å². The fourth-order valence-corrected chi connectivity index (χ4v) is 1.97. The lowest BCUT2D eigenvalue weighted by Crippen LogP contribution is -1.98. The molecule has 1 N–H and O–H groups in total. The predicted molar refractivity (Wildman–Crippen MR) is 73.9 cm³/mol. The molecule has 0 bridgehead atoms. The second kappa shape index (κ2) is 5.16. The standard InChI is InChI=1S/C13H12ClFN2S/c1-7(2)11-6-12(18)17-13(16-11)8-3-4-10(15)9(14)5-8/h3-7H,1-2H3,(H,16,17,18). The van der Waals surface area contributed by atoms with Crippen LogP contribution in [0.3, 0.4) is 0 Å². The van der Waals surface area contributed by atoms with E-state index in [0.717, 1.165) is 11.3 Å².